The lowest BCUT2D eigenvalue weighted by Crippen LogP contribution is -2.02. The fourth-order valence-corrected chi connectivity index (χ4v) is 13.8. The second kappa shape index (κ2) is 17.0. The number of hydrogen-bond acceptors (Lipinski definition) is 6. The Kier molecular flexibility index (Phi) is 9.57. The lowest BCUT2D eigenvalue weighted by molar-refractivity contribution is 1.07. The highest BCUT2D eigenvalue weighted by molar-refractivity contribution is 7.26. The zero-order valence-corrected chi connectivity index (χ0v) is 42.2. The van der Waals surface area contributed by atoms with Crippen molar-refractivity contribution >= 4 is 107 Å². The molecular weight excluding hydrogens is 965 g/mol. The summed E-state index contributed by atoms with van der Waals surface area (Å²) in [6.07, 6.45) is 2.03. The molecule has 354 valence electrons. The van der Waals surface area contributed by atoms with Crippen molar-refractivity contribution in [3.8, 4) is 67.9 Å². The van der Waals surface area contributed by atoms with Gasteiger partial charge >= 0.3 is 0 Å². The normalized spacial score (nSPS) is 11.9. The van der Waals surface area contributed by atoms with Crippen molar-refractivity contribution in [3.05, 3.63) is 243 Å². The van der Waals surface area contributed by atoms with E-state index in [0.29, 0.717) is 17.5 Å². The van der Waals surface area contributed by atoms with Crippen LogP contribution in [0, 0.1) is 0 Å². The van der Waals surface area contributed by atoms with Crippen molar-refractivity contribution in [2.24, 2.45) is 0 Å². The first-order valence-electron chi connectivity index (χ1n) is 25.4. The van der Waals surface area contributed by atoms with Crippen LogP contribution >= 0.6 is 22.7 Å². The Balaban J connectivity index is 0.939. The molecule has 0 radical (unpaired) electrons. The zero-order chi connectivity index (χ0) is 49.8. The number of pyridine rings is 1. The summed E-state index contributed by atoms with van der Waals surface area (Å²) < 4.78 is 9.76. The van der Waals surface area contributed by atoms with Gasteiger partial charge < -0.3 is 9.13 Å². The van der Waals surface area contributed by atoms with E-state index >= 15 is 0 Å². The van der Waals surface area contributed by atoms with E-state index < -0.39 is 0 Å². The molecule has 76 heavy (non-hydrogen) atoms. The number of hydrogen-bond donors (Lipinski definition) is 0. The summed E-state index contributed by atoms with van der Waals surface area (Å²) in [5.41, 5.74) is 13.5. The molecule has 0 fully saturated rings. The molecule has 0 spiro atoms. The first kappa shape index (κ1) is 42.9. The molecule has 0 atom stereocenters. The van der Waals surface area contributed by atoms with Crippen LogP contribution in [0.15, 0.2) is 243 Å². The fourth-order valence-electron chi connectivity index (χ4n) is 11.6. The van der Waals surface area contributed by atoms with Gasteiger partial charge in [-0.15, -0.1) is 22.7 Å². The summed E-state index contributed by atoms with van der Waals surface area (Å²) in [6, 6.07) is 84.5. The van der Waals surface area contributed by atoms with Gasteiger partial charge in [0.2, 0.25) is 0 Å². The molecule has 16 aromatic rings. The van der Waals surface area contributed by atoms with Gasteiger partial charge in [-0.2, -0.15) is 0 Å². The smallest absolute Gasteiger partial charge is 0.166 e. The van der Waals surface area contributed by atoms with Crippen LogP contribution in [0.1, 0.15) is 0 Å². The van der Waals surface area contributed by atoms with E-state index in [-0.39, 0.29) is 0 Å². The van der Waals surface area contributed by atoms with Crippen molar-refractivity contribution in [3.63, 3.8) is 0 Å². The molecule has 0 amide bonds. The number of benzene rings is 10. The lowest BCUT2D eigenvalue weighted by atomic mass is 9.97. The van der Waals surface area contributed by atoms with Gasteiger partial charge in [-0.1, -0.05) is 146 Å². The van der Waals surface area contributed by atoms with E-state index in [9.17, 15) is 0 Å². The molecule has 0 aliphatic heterocycles. The van der Waals surface area contributed by atoms with Crippen LogP contribution < -0.4 is 0 Å². The molecule has 0 saturated carbocycles. The summed E-state index contributed by atoms with van der Waals surface area (Å²) in [5.74, 6) is 1.75. The van der Waals surface area contributed by atoms with Gasteiger partial charge in [0.1, 0.15) is 0 Å². The summed E-state index contributed by atoms with van der Waals surface area (Å²) in [4.78, 5) is 21.3. The highest BCUT2D eigenvalue weighted by atomic mass is 32.1. The summed E-state index contributed by atoms with van der Waals surface area (Å²) in [5, 5.41) is 9.91. The van der Waals surface area contributed by atoms with Crippen LogP contribution in [0.5, 0.6) is 0 Å². The molecule has 10 aromatic carbocycles. The minimum Gasteiger partial charge on any atom is -0.309 e. The van der Waals surface area contributed by atoms with Crippen molar-refractivity contribution < 1.29 is 0 Å². The molecule has 6 heterocycles. The third-order valence-corrected chi connectivity index (χ3v) is 17.3. The van der Waals surface area contributed by atoms with Gasteiger partial charge in [0, 0.05) is 107 Å². The first-order valence-corrected chi connectivity index (χ1v) is 27.1. The van der Waals surface area contributed by atoms with Crippen molar-refractivity contribution in [1.82, 2.24) is 29.1 Å². The van der Waals surface area contributed by atoms with Gasteiger partial charge in [-0.3, -0.25) is 4.98 Å². The highest BCUT2D eigenvalue weighted by Gasteiger charge is 2.23. The van der Waals surface area contributed by atoms with Crippen LogP contribution in [-0.2, 0) is 0 Å². The van der Waals surface area contributed by atoms with Crippen molar-refractivity contribution in [1.29, 1.82) is 0 Å². The first-order chi connectivity index (χ1) is 37.7. The van der Waals surface area contributed by atoms with E-state index in [1.54, 1.807) is 0 Å². The number of thiophene rings is 2. The Morgan fingerprint density at radius 3 is 1.25 bits per heavy atom. The van der Waals surface area contributed by atoms with Gasteiger partial charge in [-0.05, 0) is 96.6 Å². The van der Waals surface area contributed by atoms with Gasteiger partial charge in [0.05, 0.1) is 27.8 Å². The predicted molar refractivity (Wildman–Crippen MR) is 319 cm³/mol. The van der Waals surface area contributed by atoms with E-state index in [1.807, 2.05) is 65.3 Å². The third-order valence-electron chi connectivity index (χ3n) is 15.0. The predicted octanol–water partition coefficient (Wildman–Crippen LogP) is 18.5. The molecule has 16 rings (SSSR count). The second-order valence-corrected chi connectivity index (χ2v) is 21.5. The third kappa shape index (κ3) is 6.64. The summed E-state index contributed by atoms with van der Waals surface area (Å²) in [7, 11) is 0. The standard InChI is InChI=1S/C68H40N6S2/c1-5-17-41(18-6-1)66-70-67(42-19-7-2-8-20-42)72-68(71-66)52-39-45(43-29-33-57-50(37-43)63-59(75-57)35-31-55-61(63)48-25-13-15-27-53(48)73(55)46-21-9-3-10-22-46)40-69-65(52)44-30-34-58-51(38-44)64-60(76-58)36-32-56-62(64)49-26-14-16-28-54(49)74(56)47-23-11-4-12-24-47/h1-40H. The molecule has 8 heteroatoms. The quantitative estimate of drug-likeness (QED) is 0.160. The van der Waals surface area contributed by atoms with Crippen LogP contribution in [0.3, 0.4) is 0 Å². The molecule has 6 aromatic heterocycles. The molecule has 0 unspecified atom stereocenters. The molecular formula is C68H40N6S2. The van der Waals surface area contributed by atoms with Gasteiger partial charge in [-0.25, -0.2) is 15.0 Å². The lowest BCUT2D eigenvalue weighted by Gasteiger charge is -2.14. The maximum atomic E-state index is 5.49. The van der Waals surface area contributed by atoms with Crippen molar-refractivity contribution in [2.45, 2.75) is 0 Å². The number of para-hydroxylation sites is 4. The molecule has 6 nitrogen and oxygen atoms in total. The Hall–Kier alpha value is -9.60. The zero-order valence-electron chi connectivity index (χ0n) is 40.6. The molecule has 0 aliphatic carbocycles. The summed E-state index contributed by atoms with van der Waals surface area (Å²) >= 11 is 3.68. The number of aromatic nitrogens is 6. The van der Waals surface area contributed by atoms with Crippen molar-refractivity contribution in [2.75, 3.05) is 0 Å². The minimum absolute atomic E-state index is 0.554. The Morgan fingerprint density at radius 1 is 0.289 bits per heavy atom. The molecule has 0 N–H and O–H groups in total. The SMILES string of the molecule is c1ccc(-c2nc(-c3ccccc3)nc(-c3cc(-c4ccc5sc6ccc7c(c8ccccc8n7-c7ccccc7)c6c5c4)cnc3-c3ccc4sc5ccc6c(c7ccccc7n6-c6ccccc6)c5c4c3)n2)cc1. The van der Waals surface area contributed by atoms with Gasteiger partial charge in [0.25, 0.3) is 0 Å². The molecule has 0 saturated heterocycles. The fraction of sp³-hybridized carbons (Fsp3) is 0. The van der Waals surface area contributed by atoms with Gasteiger partial charge in [0.15, 0.2) is 17.5 Å². The largest absolute Gasteiger partial charge is 0.309 e. The maximum absolute atomic E-state index is 5.49. The van der Waals surface area contributed by atoms with E-state index in [4.69, 9.17) is 19.9 Å². The van der Waals surface area contributed by atoms with Crippen LogP contribution in [-0.4, -0.2) is 29.1 Å². The number of fused-ring (bicyclic) bond motifs is 14. The average Bonchev–Trinajstić information content (AvgIpc) is 4.29. The average molecular weight is 1010 g/mol. The minimum atomic E-state index is 0.554. The Bertz CT molecular complexity index is 4920. The van der Waals surface area contributed by atoms with E-state index in [1.165, 1.54) is 84.0 Å². The number of nitrogens with zero attached hydrogens (tertiary/aromatic N) is 6. The monoisotopic (exact) mass is 1000 g/mol. The topological polar surface area (TPSA) is 61.4 Å². The van der Waals surface area contributed by atoms with E-state index in [2.05, 4.69) is 209 Å². The van der Waals surface area contributed by atoms with Crippen LogP contribution in [0.25, 0.3) is 152 Å². The van der Waals surface area contributed by atoms with Crippen LogP contribution in [0.2, 0.25) is 0 Å². The molecule has 0 aliphatic rings. The maximum Gasteiger partial charge on any atom is 0.166 e. The highest BCUT2D eigenvalue weighted by Crippen LogP contribution is 2.47. The summed E-state index contributed by atoms with van der Waals surface area (Å²) in [6.45, 7) is 0. The molecule has 0 bridgehead atoms. The second-order valence-electron chi connectivity index (χ2n) is 19.3. The number of rotatable bonds is 7. The Morgan fingerprint density at radius 2 is 0.724 bits per heavy atom. The van der Waals surface area contributed by atoms with E-state index in [0.717, 1.165) is 50.4 Å². The Labute approximate surface area is 443 Å². The van der Waals surface area contributed by atoms with Crippen LogP contribution in [0.4, 0.5) is 0 Å².